The van der Waals surface area contributed by atoms with E-state index in [1.54, 1.807) is 24.3 Å². The maximum absolute atomic E-state index is 12.9. The molecule has 0 aliphatic heterocycles. The van der Waals surface area contributed by atoms with Crippen molar-refractivity contribution in [2.45, 2.75) is 6.92 Å². The van der Waals surface area contributed by atoms with Crippen LogP contribution in [0.5, 0.6) is 0 Å². The molecule has 0 aromatic heterocycles. The second-order valence-electron chi connectivity index (χ2n) is 3.92. The van der Waals surface area contributed by atoms with Crippen molar-refractivity contribution < 1.29 is 4.39 Å². The molecule has 0 unspecified atom stereocenters. The van der Waals surface area contributed by atoms with Crippen LogP contribution in [-0.4, -0.2) is 6.54 Å². The fourth-order valence-corrected chi connectivity index (χ4v) is 2.03. The van der Waals surface area contributed by atoms with Gasteiger partial charge in [-0.2, -0.15) is 0 Å². The molecule has 0 bridgehead atoms. The summed E-state index contributed by atoms with van der Waals surface area (Å²) < 4.78 is 12.9. The van der Waals surface area contributed by atoms with Crippen LogP contribution in [0.3, 0.4) is 0 Å². The highest BCUT2D eigenvalue weighted by Crippen LogP contribution is 2.32. The first-order valence-corrected chi connectivity index (χ1v) is 6.07. The number of rotatable bonds is 3. The lowest BCUT2D eigenvalue weighted by molar-refractivity contribution is 0.628. The van der Waals surface area contributed by atoms with Crippen LogP contribution in [0.1, 0.15) is 6.92 Å². The van der Waals surface area contributed by atoms with Gasteiger partial charge < -0.3 is 10.6 Å². The summed E-state index contributed by atoms with van der Waals surface area (Å²) in [6.45, 7) is 2.72. The molecular formula is C14H14ClFN2. The molecule has 2 aromatic rings. The van der Waals surface area contributed by atoms with Crippen LogP contribution in [-0.2, 0) is 0 Å². The van der Waals surface area contributed by atoms with Crippen molar-refractivity contribution in [1.29, 1.82) is 0 Å². The fourth-order valence-electron chi connectivity index (χ4n) is 1.86. The number of hydrogen-bond donors (Lipinski definition) is 1. The lowest BCUT2D eigenvalue weighted by Gasteiger charge is -2.25. The molecule has 4 heteroatoms. The first-order chi connectivity index (χ1) is 8.61. The highest BCUT2D eigenvalue weighted by Gasteiger charge is 2.11. The third kappa shape index (κ3) is 2.57. The number of nitrogens with two attached hydrogens (primary N) is 1. The first kappa shape index (κ1) is 12.7. The zero-order valence-corrected chi connectivity index (χ0v) is 10.8. The van der Waals surface area contributed by atoms with Crippen LogP contribution in [0.15, 0.2) is 42.5 Å². The largest absolute Gasteiger partial charge is 0.397 e. The van der Waals surface area contributed by atoms with Gasteiger partial charge in [0.25, 0.3) is 0 Å². The minimum absolute atomic E-state index is 0.256. The van der Waals surface area contributed by atoms with Gasteiger partial charge in [-0.15, -0.1) is 0 Å². The van der Waals surface area contributed by atoms with Crippen LogP contribution < -0.4 is 10.6 Å². The monoisotopic (exact) mass is 264 g/mol. The van der Waals surface area contributed by atoms with Crippen molar-refractivity contribution in [1.82, 2.24) is 0 Å². The van der Waals surface area contributed by atoms with Crippen LogP contribution in [0.2, 0.25) is 5.02 Å². The van der Waals surface area contributed by atoms with Gasteiger partial charge >= 0.3 is 0 Å². The van der Waals surface area contributed by atoms with Crippen molar-refractivity contribution in [3.05, 3.63) is 53.3 Å². The molecule has 2 N–H and O–H groups in total. The Kier molecular flexibility index (Phi) is 3.72. The topological polar surface area (TPSA) is 29.3 Å². The predicted molar refractivity (Wildman–Crippen MR) is 74.9 cm³/mol. The van der Waals surface area contributed by atoms with E-state index in [1.807, 2.05) is 17.9 Å². The molecule has 0 amide bonds. The van der Waals surface area contributed by atoms with E-state index in [4.69, 9.17) is 17.3 Å². The molecule has 0 saturated carbocycles. The molecule has 0 saturated heterocycles. The molecule has 0 heterocycles. The molecule has 0 fully saturated rings. The lowest BCUT2D eigenvalue weighted by atomic mass is 10.2. The summed E-state index contributed by atoms with van der Waals surface area (Å²) in [5, 5.41) is 0.625. The summed E-state index contributed by atoms with van der Waals surface area (Å²) in [6, 6.07) is 11.6. The summed E-state index contributed by atoms with van der Waals surface area (Å²) in [7, 11) is 0. The van der Waals surface area contributed by atoms with E-state index < -0.39 is 0 Å². The Morgan fingerprint density at radius 1 is 1.17 bits per heavy atom. The number of halogens is 2. The zero-order chi connectivity index (χ0) is 13.1. The minimum Gasteiger partial charge on any atom is -0.397 e. The van der Waals surface area contributed by atoms with Gasteiger partial charge in [0.2, 0.25) is 0 Å². The third-order valence-electron chi connectivity index (χ3n) is 2.74. The van der Waals surface area contributed by atoms with Gasteiger partial charge in [-0.1, -0.05) is 11.6 Å². The number of nitrogens with zero attached hydrogens (tertiary/aromatic N) is 1. The highest BCUT2D eigenvalue weighted by atomic mass is 35.5. The predicted octanol–water partition coefficient (Wildman–Crippen LogP) is 4.22. The molecule has 0 spiro atoms. The molecule has 0 radical (unpaired) electrons. The molecule has 94 valence electrons. The minimum atomic E-state index is -0.256. The summed E-state index contributed by atoms with van der Waals surface area (Å²) in [4.78, 5) is 1.99. The van der Waals surface area contributed by atoms with Crippen LogP contribution in [0.25, 0.3) is 0 Å². The molecule has 2 rings (SSSR count). The van der Waals surface area contributed by atoms with E-state index >= 15 is 0 Å². The van der Waals surface area contributed by atoms with Crippen molar-refractivity contribution in [2.24, 2.45) is 0 Å². The Morgan fingerprint density at radius 3 is 2.44 bits per heavy atom. The van der Waals surface area contributed by atoms with E-state index in [0.717, 1.165) is 17.9 Å². The lowest BCUT2D eigenvalue weighted by Crippen LogP contribution is -2.17. The molecule has 0 atom stereocenters. The molecule has 2 aromatic carbocycles. The maximum Gasteiger partial charge on any atom is 0.123 e. The average Bonchev–Trinajstić information content (AvgIpc) is 2.37. The Balaban J connectivity index is 2.44. The maximum atomic E-state index is 12.9. The van der Waals surface area contributed by atoms with Gasteiger partial charge in [0, 0.05) is 17.3 Å². The molecule has 18 heavy (non-hydrogen) atoms. The van der Waals surface area contributed by atoms with Gasteiger partial charge in [0.1, 0.15) is 5.82 Å². The third-order valence-corrected chi connectivity index (χ3v) is 2.97. The van der Waals surface area contributed by atoms with Crippen molar-refractivity contribution in [3.8, 4) is 0 Å². The highest BCUT2D eigenvalue weighted by molar-refractivity contribution is 6.31. The fraction of sp³-hybridized carbons (Fsp3) is 0.143. The second kappa shape index (κ2) is 5.27. The van der Waals surface area contributed by atoms with Crippen molar-refractivity contribution in [3.63, 3.8) is 0 Å². The van der Waals surface area contributed by atoms with Gasteiger partial charge in [0.15, 0.2) is 0 Å². The van der Waals surface area contributed by atoms with Crippen molar-refractivity contribution in [2.75, 3.05) is 17.2 Å². The number of anilines is 3. The number of hydrogen-bond acceptors (Lipinski definition) is 2. The van der Waals surface area contributed by atoms with Gasteiger partial charge in [-0.3, -0.25) is 0 Å². The second-order valence-corrected chi connectivity index (χ2v) is 4.36. The number of benzene rings is 2. The molecule has 0 aliphatic carbocycles. The van der Waals surface area contributed by atoms with Crippen LogP contribution in [0.4, 0.5) is 21.5 Å². The van der Waals surface area contributed by atoms with Gasteiger partial charge in [-0.05, 0) is 49.4 Å². The standard InChI is InChI=1S/C14H14ClFN2/c1-2-18(12-6-4-11(16)5-7-12)14-9-10(15)3-8-13(14)17/h3-9H,2,17H2,1H3. The van der Waals surface area contributed by atoms with E-state index in [0.29, 0.717) is 10.7 Å². The quantitative estimate of drug-likeness (QED) is 0.841. The van der Waals surface area contributed by atoms with Crippen LogP contribution >= 0.6 is 11.6 Å². The normalized spacial score (nSPS) is 10.4. The zero-order valence-electron chi connectivity index (χ0n) is 10.0. The molecule has 2 nitrogen and oxygen atoms in total. The van der Waals surface area contributed by atoms with Crippen LogP contribution in [0, 0.1) is 5.82 Å². The van der Waals surface area contributed by atoms with Gasteiger partial charge in [-0.25, -0.2) is 4.39 Å². The van der Waals surface area contributed by atoms with E-state index in [9.17, 15) is 4.39 Å². The van der Waals surface area contributed by atoms with Crippen molar-refractivity contribution >= 4 is 28.7 Å². The van der Waals surface area contributed by atoms with E-state index in [2.05, 4.69) is 0 Å². The molecular weight excluding hydrogens is 251 g/mol. The Labute approximate surface area is 111 Å². The summed E-state index contributed by atoms with van der Waals surface area (Å²) in [6.07, 6.45) is 0. The Morgan fingerprint density at radius 2 is 1.83 bits per heavy atom. The SMILES string of the molecule is CCN(c1ccc(F)cc1)c1cc(Cl)ccc1N. The summed E-state index contributed by atoms with van der Waals surface area (Å²) in [5.41, 5.74) is 8.32. The van der Waals surface area contributed by atoms with E-state index in [1.165, 1.54) is 12.1 Å². The molecule has 0 aliphatic rings. The Bertz CT molecular complexity index is 540. The van der Waals surface area contributed by atoms with E-state index in [-0.39, 0.29) is 5.82 Å². The number of nitrogen functional groups attached to an aromatic ring is 1. The van der Waals surface area contributed by atoms with Gasteiger partial charge in [0.05, 0.1) is 11.4 Å². The average molecular weight is 265 g/mol. The first-order valence-electron chi connectivity index (χ1n) is 5.70. The Hall–Kier alpha value is -1.74. The summed E-state index contributed by atoms with van der Waals surface area (Å²) >= 11 is 5.99. The smallest absolute Gasteiger partial charge is 0.123 e. The summed E-state index contributed by atoms with van der Waals surface area (Å²) in [5.74, 6) is -0.256.